The van der Waals surface area contributed by atoms with E-state index in [4.69, 9.17) is 5.73 Å². The number of nitrogen functional groups attached to an aromatic ring is 1. The molecule has 3 nitrogen and oxygen atoms in total. The first-order chi connectivity index (χ1) is 7.66. The predicted molar refractivity (Wildman–Crippen MR) is 68.4 cm³/mol. The SMILES string of the molecule is Cc1ccc(N)c(NC2CCCCC2C)n1. The Kier molecular flexibility index (Phi) is 3.32. The fraction of sp³-hybridized carbons (Fsp3) is 0.615. The van der Waals surface area contributed by atoms with Crippen LogP contribution in [0, 0.1) is 12.8 Å². The van der Waals surface area contributed by atoms with Crippen molar-refractivity contribution >= 4 is 11.5 Å². The Labute approximate surface area is 97.5 Å². The summed E-state index contributed by atoms with van der Waals surface area (Å²) in [6.07, 6.45) is 5.21. The number of aromatic nitrogens is 1. The summed E-state index contributed by atoms with van der Waals surface area (Å²) in [4.78, 5) is 4.47. The van der Waals surface area contributed by atoms with Gasteiger partial charge in [0, 0.05) is 11.7 Å². The third-order valence-corrected chi connectivity index (χ3v) is 3.50. The summed E-state index contributed by atoms with van der Waals surface area (Å²) in [5.74, 6) is 1.58. The zero-order chi connectivity index (χ0) is 11.5. The van der Waals surface area contributed by atoms with E-state index in [1.54, 1.807) is 0 Å². The molecule has 1 heterocycles. The maximum absolute atomic E-state index is 5.93. The number of hydrogen-bond acceptors (Lipinski definition) is 3. The topological polar surface area (TPSA) is 50.9 Å². The molecule has 0 spiro atoms. The van der Waals surface area contributed by atoms with Gasteiger partial charge in [-0.15, -0.1) is 0 Å². The summed E-state index contributed by atoms with van der Waals surface area (Å²) < 4.78 is 0. The second kappa shape index (κ2) is 4.73. The molecule has 1 saturated carbocycles. The molecule has 3 N–H and O–H groups in total. The normalized spacial score (nSPS) is 25.4. The van der Waals surface area contributed by atoms with Crippen molar-refractivity contribution in [3.05, 3.63) is 17.8 Å². The van der Waals surface area contributed by atoms with Gasteiger partial charge in [0.2, 0.25) is 0 Å². The lowest BCUT2D eigenvalue weighted by molar-refractivity contribution is 0.349. The van der Waals surface area contributed by atoms with Gasteiger partial charge >= 0.3 is 0 Å². The lowest BCUT2D eigenvalue weighted by Crippen LogP contribution is -2.31. The Hall–Kier alpha value is -1.25. The molecule has 0 saturated heterocycles. The fourth-order valence-corrected chi connectivity index (χ4v) is 2.39. The van der Waals surface area contributed by atoms with E-state index in [9.17, 15) is 0 Å². The lowest BCUT2D eigenvalue weighted by atomic mass is 9.86. The van der Waals surface area contributed by atoms with Crippen LogP contribution in [0.15, 0.2) is 12.1 Å². The van der Waals surface area contributed by atoms with E-state index >= 15 is 0 Å². The molecule has 0 radical (unpaired) electrons. The minimum atomic E-state index is 0.533. The van der Waals surface area contributed by atoms with Crippen molar-refractivity contribution in [3.8, 4) is 0 Å². The van der Waals surface area contributed by atoms with E-state index in [0.717, 1.165) is 23.1 Å². The molecule has 0 aliphatic heterocycles. The second-order valence-corrected chi connectivity index (χ2v) is 4.90. The van der Waals surface area contributed by atoms with Crippen LogP contribution < -0.4 is 11.1 Å². The average molecular weight is 219 g/mol. The Balaban J connectivity index is 2.10. The highest BCUT2D eigenvalue weighted by Gasteiger charge is 2.21. The number of nitrogens with one attached hydrogen (secondary N) is 1. The minimum absolute atomic E-state index is 0.533. The summed E-state index contributed by atoms with van der Waals surface area (Å²) >= 11 is 0. The van der Waals surface area contributed by atoms with Crippen LogP contribution in [-0.4, -0.2) is 11.0 Å². The third-order valence-electron chi connectivity index (χ3n) is 3.50. The number of nitrogens with zero attached hydrogens (tertiary/aromatic N) is 1. The first-order valence-corrected chi connectivity index (χ1v) is 6.16. The van der Waals surface area contributed by atoms with Crippen LogP contribution in [-0.2, 0) is 0 Å². The number of aryl methyl sites for hydroxylation is 1. The van der Waals surface area contributed by atoms with Crippen molar-refractivity contribution < 1.29 is 0 Å². The molecule has 3 heteroatoms. The quantitative estimate of drug-likeness (QED) is 0.804. The third kappa shape index (κ3) is 2.46. The van der Waals surface area contributed by atoms with E-state index in [0.29, 0.717) is 6.04 Å². The number of nitrogens with two attached hydrogens (primary N) is 1. The molecule has 1 aliphatic rings. The number of pyridine rings is 1. The van der Waals surface area contributed by atoms with Gasteiger partial charge < -0.3 is 11.1 Å². The molecule has 1 aromatic rings. The van der Waals surface area contributed by atoms with Gasteiger partial charge in [0.05, 0.1) is 5.69 Å². The first-order valence-electron chi connectivity index (χ1n) is 6.16. The average Bonchev–Trinajstić information content (AvgIpc) is 2.27. The highest BCUT2D eigenvalue weighted by atomic mass is 15.0. The molecule has 2 unspecified atom stereocenters. The van der Waals surface area contributed by atoms with Crippen molar-refractivity contribution in [1.29, 1.82) is 0 Å². The van der Waals surface area contributed by atoms with Gasteiger partial charge in [-0.3, -0.25) is 0 Å². The zero-order valence-corrected chi connectivity index (χ0v) is 10.2. The summed E-state index contributed by atoms with van der Waals surface area (Å²) in [5.41, 5.74) is 7.69. The highest BCUT2D eigenvalue weighted by Crippen LogP contribution is 2.27. The summed E-state index contributed by atoms with van der Waals surface area (Å²) in [6.45, 7) is 4.30. The summed E-state index contributed by atoms with van der Waals surface area (Å²) in [5, 5.41) is 3.50. The van der Waals surface area contributed by atoms with Gasteiger partial charge in [0.25, 0.3) is 0 Å². The first kappa shape index (κ1) is 11.2. The molecular weight excluding hydrogens is 198 g/mol. The predicted octanol–water partition coefficient (Wildman–Crippen LogP) is 2.96. The molecule has 0 bridgehead atoms. The highest BCUT2D eigenvalue weighted by molar-refractivity contribution is 5.61. The second-order valence-electron chi connectivity index (χ2n) is 4.90. The van der Waals surface area contributed by atoms with Crippen LogP contribution in [0.2, 0.25) is 0 Å². The summed E-state index contributed by atoms with van der Waals surface area (Å²) in [6, 6.07) is 4.41. The standard InChI is InChI=1S/C13H21N3/c1-9-5-3-4-6-12(9)16-13-11(14)8-7-10(2)15-13/h7-9,12H,3-6,14H2,1-2H3,(H,15,16). The monoisotopic (exact) mass is 219 g/mol. The van der Waals surface area contributed by atoms with E-state index in [2.05, 4.69) is 17.2 Å². The maximum Gasteiger partial charge on any atom is 0.149 e. The Morgan fingerprint density at radius 2 is 2.06 bits per heavy atom. The van der Waals surface area contributed by atoms with Crippen molar-refractivity contribution in [1.82, 2.24) is 4.98 Å². The van der Waals surface area contributed by atoms with Gasteiger partial charge in [-0.2, -0.15) is 0 Å². The summed E-state index contributed by atoms with van der Waals surface area (Å²) in [7, 11) is 0. The van der Waals surface area contributed by atoms with Gasteiger partial charge in [-0.05, 0) is 37.8 Å². The van der Waals surface area contributed by atoms with Crippen molar-refractivity contribution in [2.24, 2.45) is 5.92 Å². The smallest absolute Gasteiger partial charge is 0.149 e. The van der Waals surface area contributed by atoms with Gasteiger partial charge in [-0.1, -0.05) is 19.8 Å². The van der Waals surface area contributed by atoms with E-state index in [-0.39, 0.29) is 0 Å². The molecule has 2 atom stereocenters. The van der Waals surface area contributed by atoms with Gasteiger partial charge in [0.1, 0.15) is 5.82 Å². The van der Waals surface area contributed by atoms with Gasteiger partial charge in [0.15, 0.2) is 0 Å². The zero-order valence-electron chi connectivity index (χ0n) is 10.2. The van der Waals surface area contributed by atoms with Crippen molar-refractivity contribution in [3.63, 3.8) is 0 Å². The molecule has 0 amide bonds. The largest absolute Gasteiger partial charge is 0.396 e. The van der Waals surface area contributed by atoms with Crippen LogP contribution in [0.5, 0.6) is 0 Å². The molecule has 2 rings (SSSR count). The van der Waals surface area contributed by atoms with Crippen LogP contribution in [0.25, 0.3) is 0 Å². The van der Waals surface area contributed by atoms with Crippen LogP contribution in [0.1, 0.15) is 38.3 Å². The molecule has 1 aromatic heterocycles. The Morgan fingerprint density at radius 3 is 2.81 bits per heavy atom. The van der Waals surface area contributed by atoms with Gasteiger partial charge in [-0.25, -0.2) is 4.98 Å². The van der Waals surface area contributed by atoms with Crippen LogP contribution in [0.3, 0.4) is 0 Å². The minimum Gasteiger partial charge on any atom is -0.396 e. The number of hydrogen-bond donors (Lipinski definition) is 2. The van der Waals surface area contributed by atoms with Crippen LogP contribution in [0.4, 0.5) is 11.5 Å². The number of rotatable bonds is 2. The Bertz CT molecular complexity index is 362. The number of anilines is 2. The lowest BCUT2D eigenvalue weighted by Gasteiger charge is -2.30. The van der Waals surface area contributed by atoms with E-state index in [1.165, 1.54) is 25.7 Å². The molecule has 0 aromatic carbocycles. The maximum atomic E-state index is 5.93. The van der Waals surface area contributed by atoms with E-state index < -0.39 is 0 Å². The molecule has 88 valence electrons. The Morgan fingerprint density at radius 1 is 1.31 bits per heavy atom. The molecule has 1 aliphatic carbocycles. The molecule has 16 heavy (non-hydrogen) atoms. The molecular formula is C13H21N3. The van der Waals surface area contributed by atoms with Crippen LogP contribution >= 0.6 is 0 Å². The van der Waals surface area contributed by atoms with E-state index in [1.807, 2.05) is 19.1 Å². The molecule has 1 fully saturated rings. The van der Waals surface area contributed by atoms with Crippen molar-refractivity contribution in [2.45, 2.75) is 45.6 Å². The fourth-order valence-electron chi connectivity index (χ4n) is 2.39. The van der Waals surface area contributed by atoms with Crippen molar-refractivity contribution in [2.75, 3.05) is 11.1 Å².